The maximum atomic E-state index is 6.01. The van der Waals surface area contributed by atoms with E-state index in [4.69, 9.17) is 14.7 Å². The van der Waals surface area contributed by atoms with Gasteiger partial charge in [0, 0.05) is 18.0 Å². The maximum Gasteiger partial charge on any atom is 0.146 e. The summed E-state index contributed by atoms with van der Waals surface area (Å²) < 4.78 is 6.01. The quantitative estimate of drug-likeness (QED) is 0.848. The summed E-state index contributed by atoms with van der Waals surface area (Å²) in [7, 11) is 2.16. The van der Waals surface area contributed by atoms with Crippen molar-refractivity contribution < 1.29 is 4.74 Å². The zero-order chi connectivity index (χ0) is 19.0. The number of likely N-dealkylation sites (N-methyl/N-ethyl adjacent to an activating group) is 1. The van der Waals surface area contributed by atoms with E-state index < -0.39 is 0 Å². The fourth-order valence-corrected chi connectivity index (χ4v) is 5.08. The zero-order valence-corrected chi connectivity index (χ0v) is 17.7. The van der Waals surface area contributed by atoms with Crippen LogP contribution in [-0.4, -0.2) is 71.7 Å². The van der Waals surface area contributed by atoms with Gasteiger partial charge >= 0.3 is 0 Å². The van der Waals surface area contributed by atoms with Crippen molar-refractivity contribution in [2.75, 3.05) is 45.2 Å². The molecular formula is C20H31N5OS. The second-order valence-electron chi connectivity index (χ2n) is 8.04. The number of rotatable bonds is 5. The number of thiophene rings is 1. The van der Waals surface area contributed by atoms with Gasteiger partial charge in [-0.05, 0) is 59.3 Å². The molecule has 0 amide bonds. The summed E-state index contributed by atoms with van der Waals surface area (Å²) >= 11 is 1.78. The van der Waals surface area contributed by atoms with Crippen LogP contribution < -0.4 is 5.32 Å². The van der Waals surface area contributed by atoms with Gasteiger partial charge in [-0.3, -0.25) is 4.90 Å². The van der Waals surface area contributed by atoms with E-state index in [1.807, 2.05) is 0 Å². The molecule has 0 bridgehead atoms. The SMILES string of the molecule is Cc1sc2nc(CN3CCCC3)nc(NC(C)C3CN(C)CCO3)c2c1C. The van der Waals surface area contributed by atoms with Gasteiger partial charge < -0.3 is 15.0 Å². The first-order chi connectivity index (χ1) is 13.0. The Bertz CT molecular complexity index is 801. The molecule has 6 nitrogen and oxygen atoms in total. The highest BCUT2D eigenvalue weighted by atomic mass is 32.1. The van der Waals surface area contributed by atoms with Gasteiger partial charge in [0.05, 0.1) is 30.7 Å². The van der Waals surface area contributed by atoms with Crippen LogP contribution in [0.15, 0.2) is 0 Å². The number of fused-ring (bicyclic) bond motifs is 1. The van der Waals surface area contributed by atoms with Crippen molar-refractivity contribution in [1.29, 1.82) is 0 Å². The fraction of sp³-hybridized carbons (Fsp3) is 0.700. The largest absolute Gasteiger partial charge is 0.373 e. The third-order valence-electron chi connectivity index (χ3n) is 5.86. The summed E-state index contributed by atoms with van der Waals surface area (Å²) in [4.78, 5) is 17.1. The maximum absolute atomic E-state index is 6.01. The van der Waals surface area contributed by atoms with Crippen LogP contribution >= 0.6 is 11.3 Å². The molecule has 2 aromatic heterocycles. The summed E-state index contributed by atoms with van der Waals surface area (Å²) in [6.07, 6.45) is 2.75. The molecule has 1 N–H and O–H groups in total. The number of ether oxygens (including phenoxy) is 1. The van der Waals surface area contributed by atoms with E-state index in [1.165, 1.54) is 28.7 Å². The van der Waals surface area contributed by atoms with Gasteiger partial charge in [-0.2, -0.15) is 0 Å². The van der Waals surface area contributed by atoms with Crippen LogP contribution in [-0.2, 0) is 11.3 Å². The van der Waals surface area contributed by atoms with Crippen molar-refractivity contribution in [2.45, 2.75) is 52.3 Å². The van der Waals surface area contributed by atoms with Crippen LogP contribution in [0.5, 0.6) is 0 Å². The summed E-state index contributed by atoms with van der Waals surface area (Å²) in [5, 5.41) is 4.86. The normalized spacial score (nSPS) is 23.2. The lowest BCUT2D eigenvalue weighted by atomic mass is 10.1. The van der Waals surface area contributed by atoms with E-state index in [1.54, 1.807) is 11.3 Å². The Morgan fingerprint density at radius 1 is 1.22 bits per heavy atom. The van der Waals surface area contributed by atoms with Gasteiger partial charge in [0.15, 0.2) is 0 Å². The Hall–Kier alpha value is -1.28. The second-order valence-corrected chi connectivity index (χ2v) is 9.24. The van der Waals surface area contributed by atoms with Gasteiger partial charge in [0.1, 0.15) is 16.5 Å². The molecule has 2 fully saturated rings. The van der Waals surface area contributed by atoms with Gasteiger partial charge in [-0.25, -0.2) is 9.97 Å². The lowest BCUT2D eigenvalue weighted by molar-refractivity contribution is -0.0259. The van der Waals surface area contributed by atoms with E-state index in [2.05, 4.69) is 42.9 Å². The lowest BCUT2D eigenvalue weighted by Crippen LogP contribution is -2.47. The number of anilines is 1. The van der Waals surface area contributed by atoms with Crippen LogP contribution in [0.1, 0.15) is 36.0 Å². The predicted octanol–water partition coefficient (Wildman–Crippen LogP) is 3.03. The number of hydrogen-bond donors (Lipinski definition) is 1. The Kier molecular flexibility index (Phi) is 5.64. The van der Waals surface area contributed by atoms with E-state index >= 15 is 0 Å². The Morgan fingerprint density at radius 3 is 2.74 bits per heavy atom. The number of aromatic nitrogens is 2. The highest BCUT2D eigenvalue weighted by Gasteiger charge is 2.25. The molecule has 0 saturated carbocycles. The topological polar surface area (TPSA) is 53.5 Å². The van der Waals surface area contributed by atoms with Crippen molar-refractivity contribution in [2.24, 2.45) is 0 Å². The molecule has 2 aliphatic heterocycles. The molecule has 4 rings (SSSR count). The molecule has 0 spiro atoms. The minimum absolute atomic E-state index is 0.177. The number of aryl methyl sites for hydroxylation is 2. The second kappa shape index (κ2) is 7.99. The molecule has 0 aromatic carbocycles. The van der Waals surface area contributed by atoms with Gasteiger partial charge in [-0.1, -0.05) is 0 Å². The molecule has 27 heavy (non-hydrogen) atoms. The molecule has 2 aromatic rings. The summed E-state index contributed by atoms with van der Waals surface area (Å²) in [6, 6.07) is 0.199. The van der Waals surface area contributed by atoms with Crippen molar-refractivity contribution >= 4 is 27.4 Å². The highest BCUT2D eigenvalue weighted by molar-refractivity contribution is 7.18. The highest BCUT2D eigenvalue weighted by Crippen LogP contribution is 2.34. The number of hydrogen-bond acceptors (Lipinski definition) is 7. The number of nitrogens with one attached hydrogen (secondary N) is 1. The first-order valence-corrected chi connectivity index (χ1v) is 10.9. The first kappa shape index (κ1) is 19.1. The van der Waals surface area contributed by atoms with Crippen LogP contribution in [0.25, 0.3) is 10.2 Å². The lowest BCUT2D eigenvalue weighted by Gasteiger charge is -2.34. The van der Waals surface area contributed by atoms with Crippen LogP contribution in [0.3, 0.4) is 0 Å². The van der Waals surface area contributed by atoms with Gasteiger partial charge in [0.2, 0.25) is 0 Å². The smallest absolute Gasteiger partial charge is 0.146 e. The molecule has 0 aliphatic carbocycles. The molecule has 2 saturated heterocycles. The summed E-state index contributed by atoms with van der Waals surface area (Å²) in [6.45, 7) is 12.5. The average molecular weight is 390 g/mol. The molecule has 7 heteroatoms. The molecule has 4 heterocycles. The molecule has 148 valence electrons. The Morgan fingerprint density at radius 2 is 2.00 bits per heavy atom. The van der Waals surface area contributed by atoms with Crippen LogP contribution in [0.4, 0.5) is 5.82 Å². The zero-order valence-electron chi connectivity index (χ0n) is 16.9. The number of nitrogens with zero attached hydrogens (tertiary/aromatic N) is 4. The Labute approximate surface area is 165 Å². The predicted molar refractivity (Wildman–Crippen MR) is 112 cm³/mol. The molecule has 2 aliphatic rings. The van der Waals surface area contributed by atoms with E-state index in [0.717, 1.165) is 55.8 Å². The summed E-state index contributed by atoms with van der Waals surface area (Å²) in [5.41, 5.74) is 1.29. The third-order valence-corrected chi connectivity index (χ3v) is 6.96. The third kappa shape index (κ3) is 4.11. The van der Waals surface area contributed by atoms with Crippen molar-refractivity contribution in [3.63, 3.8) is 0 Å². The minimum Gasteiger partial charge on any atom is -0.373 e. The Balaban J connectivity index is 1.62. The van der Waals surface area contributed by atoms with Crippen molar-refractivity contribution in [3.05, 3.63) is 16.3 Å². The summed E-state index contributed by atoms with van der Waals surface area (Å²) in [5.74, 6) is 1.91. The molecular weight excluding hydrogens is 358 g/mol. The van der Waals surface area contributed by atoms with Crippen molar-refractivity contribution in [3.8, 4) is 0 Å². The first-order valence-electron chi connectivity index (χ1n) is 10.1. The number of morpholine rings is 1. The van der Waals surface area contributed by atoms with Gasteiger partial charge in [0.25, 0.3) is 0 Å². The molecule has 2 atom stereocenters. The fourth-order valence-electron chi connectivity index (χ4n) is 4.03. The standard InChI is InChI=1S/C20H31N5OS/c1-13-15(3)27-20-18(13)19(21-14(2)16-11-24(4)9-10-26-16)22-17(23-20)12-25-7-5-6-8-25/h14,16H,5-12H2,1-4H3,(H,21,22,23). The number of likely N-dealkylation sites (tertiary alicyclic amines) is 1. The van der Waals surface area contributed by atoms with E-state index in [0.29, 0.717) is 0 Å². The molecule has 0 radical (unpaired) electrons. The average Bonchev–Trinajstić information content (AvgIpc) is 3.23. The van der Waals surface area contributed by atoms with Gasteiger partial charge in [-0.15, -0.1) is 11.3 Å². The van der Waals surface area contributed by atoms with E-state index in [9.17, 15) is 0 Å². The van der Waals surface area contributed by atoms with Crippen LogP contribution in [0.2, 0.25) is 0 Å². The monoisotopic (exact) mass is 389 g/mol. The van der Waals surface area contributed by atoms with Crippen LogP contribution in [0, 0.1) is 13.8 Å². The van der Waals surface area contributed by atoms with Crippen molar-refractivity contribution in [1.82, 2.24) is 19.8 Å². The minimum atomic E-state index is 0.177. The van der Waals surface area contributed by atoms with E-state index in [-0.39, 0.29) is 12.1 Å². The molecule has 2 unspecified atom stereocenters.